The molecule has 4 heterocycles. The van der Waals surface area contributed by atoms with E-state index in [1.165, 1.54) is 0 Å². The standard InChI is InChI=1S/C29H30ClN3O5S/c1-16(2)39(3,35)33-20-10-8-18(9-11-20)17-4-6-19(7-5-17)27-21(30)12-22-23(32-27)13-26(31-22)38-25-15-37-28-24(34)14-36-29(25)28/h4-12,16,24-25,28-29,34H,13-15H2,1-3H3/t24-,25-,28-,29-,39?/m1/s1. The van der Waals surface area contributed by atoms with Crippen LogP contribution in [0.15, 0.2) is 64.0 Å². The molecule has 0 radical (unpaired) electrons. The summed E-state index contributed by atoms with van der Waals surface area (Å²) in [6.45, 7) is 4.44. The number of rotatable bonds is 5. The molecule has 39 heavy (non-hydrogen) atoms. The van der Waals surface area contributed by atoms with Gasteiger partial charge in [0.1, 0.15) is 18.3 Å². The molecule has 2 fully saturated rings. The van der Waals surface area contributed by atoms with E-state index >= 15 is 0 Å². The van der Waals surface area contributed by atoms with E-state index in [4.69, 9.17) is 30.8 Å². The maximum Gasteiger partial charge on any atom is 0.195 e. The lowest BCUT2D eigenvalue weighted by atomic mass is 10.0. The molecule has 1 N–H and O–H groups in total. The molecule has 0 aliphatic carbocycles. The first-order chi connectivity index (χ1) is 18.7. The van der Waals surface area contributed by atoms with Crippen LogP contribution in [0.25, 0.3) is 22.4 Å². The van der Waals surface area contributed by atoms with Crippen molar-refractivity contribution in [3.63, 3.8) is 0 Å². The smallest absolute Gasteiger partial charge is 0.195 e. The summed E-state index contributed by atoms with van der Waals surface area (Å²) in [5.74, 6) is 0.544. The van der Waals surface area contributed by atoms with Gasteiger partial charge in [0, 0.05) is 17.1 Å². The summed E-state index contributed by atoms with van der Waals surface area (Å²) in [6, 6.07) is 17.6. The molecule has 204 valence electrons. The zero-order chi connectivity index (χ0) is 27.3. The quantitative estimate of drug-likeness (QED) is 0.447. The Kier molecular flexibility index (Phi) is 6.97. The number of halogens is 1. The number of aliphatic imine (C=N–C) groups is 1. The normalized spacial score (nSPS) is 25.2. The van der Waals surface area contributed by atoms with Gasteiger partial charge < -0.3 is 19.3 Å². The fraction of sp³-hybridized carbons (Fsp3) is 0.379. The van der Waals surface area contributed by atoms with Crippen molar-refractivity contribution in [2.75, 3.05) is 19.5 Å². The van der Waals surface area contributed by atoms with Gasteiger partial charge in [-0.1, -0.05) is 61.8 Å². The molecule has 2 aromatic carbocycles. The summed E-state index contributed by atoms with van der Waals surface area (Å²) >= 11 is 6.62. The second-order valence-electron chi connectivity index (χ2n) is 10.4. The molecule has 5 atom stereocenters. The molecule has 6 rings (SSSR count). The van der Waals surface area contributed by atoms with E-state index < -0.39 is 15.8 Å². The number of benzene rings is 2. The Morgan fingerprint density at radius 1 is 1.03 bits per heavy atom. The van der Waals surface area contributed by atoms with Crippen molar-refractivity contribution in [2.24, 2.45) is 9.36 Å². The van der Waals surface area contributed by atoms with E-state index in [9.17, 15) is 9.32 Å². The highest BCUT2D eigenvalue weighted by molar-refractivity contribution is 7.93. The van der Waals surface area contributed by atoms with Crippen LogP contribution in [0.4, 0.5) is 11.4 Å². The maximum absolute atomic E-state index is 12.6. The zero-order valence-electron chi connectivity index (χ0n) is 21.9. The average Bonchev–Trinajstić information content (AvgIpc) is 3.60. The van der Waals surface area contributed by atoms with Crippen molar-refractivity contribution in [2.45, 2.75) is 49.9 Å². The summed E-state index contributed by atoms with van der Waals surface area (Å²) in [6.07, 6.45) is 0.558. The number of pyridine rings is 1. The third kappa shape index (κ3) is 5.21. The predicted octanol–water partition coefficient (Wildman–Crippen LogP) is 5.34. The Morgan fingerprint density at radius 3 is 2.36 bits per heavy atom. The molecule has 0 amide bonds. The molecule has 2 saturated heterocycles. The molecule has 0 bridgehead atoms. The number of hydrogen-bond donors (Lipinski definition) is 1. The monoisotopic (exact) mass is 567 g/mol. The number of ether oxygens (including phenoxy) is 3. The molecule has 0 spiro atoms. The lowest BCUT2D eigenvalue weighted by molar-refractivity contribution is 0.00558. The lowest BCUT2D eigenvalue weighted by Crippen LogP contribution is -2.34. The van der Waals surface area contributed by atoms with Crippen LogP contribution < -0.4 is 0 Å². The highest BCUT2D eigenvalue weighted by Gasteiger charge is 2.49. The highest BCUT2D eigenvalue weighted by atomic mass is 35.5. The van der Waals surface area contributed by atoms with Gasteiger partial charge in [-0.05, 0) is 29.3 Å². The fourth-order valence-electron chi connectivity index (χ4n) is 4.90. The van der Waals surface area contributed by atoms with Crippen LogP contribution in [0.5, 0.6) is 0 Å². The van der Waals surface area contributed by atoms with Gasteiger partial charge >= 0.3 is 0 Å². The molecule has 1 aromatic heterocycles. The Balaban J connectivity index is 1.16. The number of fused-ring (bicyclic) bond motifs is 2. The van der Waals surface area contributed by atoms with Crippen molar-refractivity contribution in [3.05, 3.63) is 65.3 Å². The molecule has 10 heteroatoms. The van der Waals surface area contributed by atoms with Crippen LogP contribution in [0.2, 0.25) is 5.02 Å². The van der Waals surface area contributed by atoms with Crippen LogP contribution in [0, 0.1) is 0 Å². The van der Waals surface area contributed by atoms with Gasteiger partial charge in [-0.2, -0.15) is 4.36 Å². The minimum absolute atomic E-state index is 0.0128. The summed E-state index contributed by atoms with van der Waals surface area (Å²) in [5, 5.41) is 10.5. The predicted molar refractivity (Wildman–Crippen MR) is 153 cm³/mol. The number of aliphatic hydroxyl groups excluding tert-OH is 1. The van der Waals surface area contributed by atoms with Crippen LogP contribution >= 0.6 is 11.6 Å². The van der Waals surface area contributed by atoms with Gasteiger partial charge in [0.25, 0.3) is 0 Å². The first kappa shape index (κ1) is 26.4. The molecular weight excluding hydrogens is 538 g/mol. The molecule has 0 saturated carbocycles. The van der Waals surface area contributed by atoms with Crippen molar-refractivity contribution in [3.8, 4) is 22.4 Å². The summed E-state index contributed by atoms with van der Waals surface area (Å²) < 4.78 is 34.4. The van der Waals surface area contributed by atoms with Crippen LogP contribution in [-0.2, 0) is 30.4 Å². The number of aromatic nitrogens is 1. The third-order valence-corrected chi connectivity index (χ3v) is 10.00. The largest absolute Gasteiger partial charge is 0.472 e. The molecule has 3 aliphatic heterocycles. The zero-order valence-corrected chi connectivity index (χ0v) is 23.5. The van der Waals surface area contributed by atoms with E-state index in [1.54, 1.807) is 6.26 Å². The van der Waals surface area contributed by atoms with Crippen molar-refractivity contribution >= 4 is 38.6 Å². The van der Waals surface area contributed by atoms with E-state index in [0.29, 0.717) is 41.0 Å². The molecule has 3 aliphatic rings. The summed E-state index contributed by atoms with van der Waals surface area (Å²) in [4.78, 5) is 9.40. The summed E-state index contributed by atoms with van der Waals surface area (Å²) in [7, 11) is -2.27. The Labute approximate surface area is 233 Å². The van der Waals surface area contributed by atoms with E-state index in [0.717, 1.165) is 22.4 Å². The van der Waals surface area contributed by atoms with Gasteiger partial charge in [-0.15, -0.1) is 0 Å². The highest BCUT2D eigenvalue weighted by Crippen LogP contribution is 2.37. The van der Waals surface area contributed by atoms with Gasteiger partial charge in [-0.25, -0.2) is 14.2 Å². The Bertz CT molecular complexity index is 1550. The number of aliphatic hydroxyl groups is 1. The van der Waals surface area contributed by atoms with Crippen LogP contribution in [0.1, 0.15) is 19.5 Å². The fourth-order valence-corrected chi connectivity index (χ4v) is 5.91. The minimum atomic E-state index is -2.27. The van der Waals surface area contributed by atoms with Gasteiger partial charge in [0.15, 0.2) is 12.0 Å². The van der Waals surface area contributed by atoms with E-state index in [-0.39, 0.29) is 30.2 Å². The minimum Gasteiger partial charge on any atom is -0.472 e. The average molecular weight is 568 g/mol. The number of hydrogen-bond acceptors (Lipinski definition) is 8. The maximum atomic E-state index is 12.6. The van der Waals surface area contributed by atoms with Crippen molar-refractivity contribution < 1.29 is 23.5 Å². The first-order valence-electron chi connectivity index (χ1n) is 12.9. The Morgan fingerprint density at radius 2 is 1.67 bits per heavy atom. The topological polar surface area (TPSA) is 103 Å². The molecule has 8 nitrogen and oxygen atoms in total. The SMILES string of the molecule is CC(C)S(C)(=O)=Nc1ccc(-c2ccc(-c3nc4c(cc3Cl)N=C(O[C@@H]3CO[C@H]5[C@@H]3OC[C@H]5O)C4)cc2)cc1. The second kappa shape index (κ2) is 10.3. The second-order valence-corrected chi connectivity index (χ2v) is 13.7. The van der Waals surface area contributed by atoms with Crippen LogP contribution in [0.3, 0.4) is 0 Å². The Hall–Kier alpha value is -2.82. The van der Waals surface area contributed by atoms with Crippen molar-refractivity contribution in [1.82, 2.24) is 4.98 Å². The van der Waals surface area contributed by atoms with E-state index in [1.807, 2.05) is 68.4 Å². The molecule has 1 unspecified atom stereocenters. The van der Waals surface area contributed by atoms with Crippen LogP contribution in [-0.4, -0.2) is 69.3 Å². The van der Waals surface area contributed by atoms with Gasteiger partial charge in [0.05, 0.1) is 57.1 Å². The molecular formula is C29H30ClN3O5S. The summed E-state index contributed by atoms with van der Waals surface area (Å²) in [5.41, 5.74) is 5.86. The molecule has 3 aromatic rings. The lowest BCUT2D eigenvalue weighted by Gasteiger charge is -2.17. The van der Waals surface area contributed by atoms with E-state index in [2.05, 4.69) is 9.36 Å². The van der Waals surface area contributed by atoms with Gasteiger partial charge in [0.2, 0.25) is 0 Å². The third-order valence-electron chi connectivity index (χ3n) is 7.39. The van der Waals surface area contributed by atoms with Gasteiger partial charge in [-0.3, -0.25) is 0 Å². The first-order valence-corrected chi connectivity index (χ1v) is 15.3. The number of nitrogens with zero attached hydrogens (tertiary/aromatic N) is 3. The van der Waals surface area contributed by atoms with Crippen molar-refractivity contribution in [1.29, 1.82) is 0 Å².